The van der Waals surface area contributed by atoms with Gasteiger partial charge >= 0.3 is 6.18 Å². The second kappa shape index (κ2) is 6.36. The van der Waals surface area contributed by atoms with Crippen LogP contribution in [0.3, 0.4) is 0 Å². The van der Waals surface area contributed by atoms with Gasteiger partial charge in [-0.25, -0.2) is 0 Å². The summed E-state index contributed by atoms with van der Waals surface area (Å²) >= 11 is 0. The molecule has 1 aromatic carbocycles. The maximum absolute atomic E-state index is 12.7. The van der Waals surface area contributed by atoms with Crippen molar-refractivity contribution < 1.29 is 13.2 Å². The smallest absolute Gasteiger partial charge is 0.328 e. The molecule has 0 saturated carbocycles. The van der Waals surface area contributed by atoms with E-state index in [1.165, 1.54) is 12.1 Å². The predicted octanol–water partition coefficient (Wildman–Crippen LogP) is 3.57. The van der Waals surface area contributed by atoms with Gasteiger partial charge in [0, 0.05) is 19.1 Å². The normalized spacial score (nSPS) is 22.3. The van der Waals surface area contributed by atoms with Crippen molar-refractivity contribution in [3.05, 3.63) is 34.9 Å². The summed E-state index contributed by atoms with van der Waals surface area (Å²) in [5.74, 6) is 0.480. The lowest BCUT2D eigenvalue weighted by molar-refractivity contribution is -0.137. The minimum absolute atomic E-state index is 0.168. The average molecular weight is 300 g/mol. The van der Waals surface area contributed by atoms with Crippen LogP contribution in [0.2, 0.25) is 0 Å². The van der Waals surface area contributed by atoms with Gasteiger partial charge in [-0.2, -0.15) is 13.2 Å². The molecule has 2 N–H and O–H groups in total. The number of aryl methyl sites for hydroxylation is 1. The second-order valence-corrected chi connectivity index (χ2v) is 6.14. The van der Waals surface area contributed by atoms with Gasteiger partial charge in [0.2, 0.25) is 0 Å². The average Bonchev–Trinajstić information content (AvgIpc) is 2.40. The molecular formula is C16H23F3N2. The van der Waals surface area contributed by atoms with Crippen molar-refractivity contribution in [1.29, 1.82) is 0 Å². The van der Waals surface area contributed by atoms with Crippen molar-refractivity contribution >= 4 is 0 Å². The molecule has 21 heavy (non-hydrogen) atoms. The molecule has 118 valence electrons. The van der Waals surface area contributed by atoms with Crippen molar-refractivity contribution in [2.45, 2.75) is 45.5 Å². The second-order valence-electron chi connectivity index (χ2n) is 6.14. The van der Waals surface area contributed by atoms with E-state index in [1.807, 2.05) is 6.92 Å². The van der Waals surface area contributed by atoms with Gasteiger partial charge < -0.3 is 5.73 Å². The first kappa shape index (κ1) is 16.3. The Morgan fingerprint density at radius 1 is 1.38 bits per heavy atom. The summed E-state index contributed by atoms with van der Waals surface area (Å²) in [4.78, 5) is 2.30. The topological polar surface area (TPSA) is 29.3 Å². The van der Waals surface area contributed by atoms with Crippen LogP contribution in [0, 0.1) is 12.8 Å². The molecule has 0 spiro atoms. The molecule has 1 fully saturated rings. The van der Waals surface area contributed by atoms with Crippen LogP contribution < -0.4 is 5.73 Å². The van der Waals surface area contributed by atoms with E-state index >= 15 is 0 Å². The van der Waals surface area contributed by atoms with Crippen molar-refractivity contribution in [2.75, 3.05) is 13.1 Å². The predicted molar refractivity (Wildman–Crippen MR) is 77.8 cm³/mol. The van der Waals surface area contributed by atoms with Gasteiger partial charge in [-0.1, -0.05) is 6.07 Å². The lowest BCUT2D eigenvalue weighted by atomic mass is 9.91. The fourth-order valence-corrected chi connectivity index (χ4v) is 2.95. The van der Waals surface area contributed by atoms with Gasteiger partial charge in [0.25, 0.3) is 0 Å². The Hall–Kier alpha value is -1.07. The van der Waals surface area contributed by atoms with E-state index in [2.05, 4.69) is 4.90 Å². The molecule has 1 heterocycles. The summed E-state index contributed by atoms with van der Waals surface area (Å²) in [6.45, 7) is 6.39. The van der Waals surface area contributed by atoms with E-state index in [-0.39, 0.29) is 6.04 Å². The Bertz CT molecular complexity index is 483. The largest absolute Gasteiger partial charge is 0.416 e. The van der Waals surface area contributed by atoms with Gasteiger partial charge in [0.05, 0.1) is 5.56 Å². The first-order valence-electron chi connectivity index (χ1n) is 7.42. The summed E-state index contributed by atoms with van der Waals surface area (Å²) in [5.41, 5.74) is 7.06. The Kier molecular flexibility index (Phi) is 4.94. The van der Waals surface area contributed by atoms with Crippen LogP contribution in [0.1, 0.15) is 36.5 Å². The molecule has 2 nitrogen and oxygen atoms in total. The molecule has 1 saturated heterocycles. The third-order valence-electron chi connectivity index (χ3n) is 4.35. The van der Waals surface area contributed by atoms with Crippen LogP contribution in [0.4, 0.5) is 13.2 Å². The number of rotatable bonds is 3. The molecule has 2 atom stereocenters. The number of halogens is 3. The van der Waals surface area contributed by atoms with Crippen molar-refractivity contribution in [2.24, 2.45) is 11.7 Å². The zero-order valence-corrected chi connectivity index (χ0v) is 12.6. The molecule has 0 amide bonds. The number of benzene rings is 1. The molecule has 1 aliphatic heterocycles. The lowest BCUT2D eigenvalue weighted by Crippen LogP contribution is -2.42. The summed E-state index contributed by atoms with van der Waals surface area (Å²) in [6.07, 6.45) is -2.03. The van der Waals surface area contributed by atoms with Gasteiger partial charge in [-0.05, 0) is 62.4 Å². The van der Waals surface area contributed by atoms with Crippen LogP contribution in [0.25, 0.3) is 0 Å². The highest BCUT2D eigenvalue weighted by Gasteiger charge is 2.31. The van der Waals surface area contributed by atoms with Gasteiger partial charge in [0.15, 0.2) is 0 Å². The quantitative estimate of drug-likeness (QED) is 0.924. The van der Waals surface area contributed by atoms with Crippen molar-refractivity contribution in [3.8, 4) is 0 Å². The summed E-state index contributed by atoms with van der Waals surface area (Å²) in [7, 11) is 0. The highest BCUT2D eigenvalue weighted by molar-refractivity contribution is 5.32. The molecule has 0 aliphatic carbocycles. The van der Waals surface area contributed by atoms with Crippen LogP contribution >= 0.6 is 0 Å². The third-order valence-corrected chi connectivity index (χ3v) is 4.35. The Balaban J connectivity index is 2.06. The number of alkyl halides is 3. The lowest BCUT2D eigenvalue weighted by Gasteiger charge is -2.35. The first-order valence-corrected chi connectivity index (χ1v) is 7.42. The number of likely N-dealkylation sites (tertiary alicyclic amines) is 1. The molecule has 1 aromatic rings. The van der Waals surface area contributed by atoms with E-state index < -0.39 is 11.7 Å². The van der Waals surface area contributed by atoms with E-state index in [1.54, 1.807) is 13.0 Å². The minimum atomic E-state index is -4.27. The molecular weight excluding hydrogens is 277 g/mol. The van der Waals surface area contributed by atoms with Crippen molar-refractivity contribution in [1.82, 2.24) is 4.90 Å². The van der Waals surface area contributed by atoms with E-state index in [4.69, 9.17) is 5.73 Å². The van der Waals surface area contributed by atoms with Crippen LogP contribution in [0.15, 0.2) is 18.2 Å². The fraction of sp³-hybridized carbons (Fsp3) is 0.625. The molecule has 2 unspecified atom stereocenters. The molecule has 0 bridgehead atoms. The van der Waals surface area contributed by atoms with Crippen LogP contribution in [-0.2, 0) is 12.7 Å². The Morgan fingerprint density at radius 2 is 2.10 bits per heavy atom. The van der Waals surface area contributed by atoms with Gasteiger partial charge in [-0.3, -0.25) is 4.90 Å². The van der Waals surface area contributed by atoms with Crippen LogP contribution in [-0.4, -0.2) is 24.0 Å². The number of nitrogens with zero attached hydrogens (tertiary/aromatic N) is 1. The Labute approximate surface area is 124 Å². The molecule has 0 radical (unpaired) electrons. The maximum Gasteiger partial charge on any atom is 0.416 e. The molecule has 0 aromatic heterocycles. The van der Waals surface area contributed by atoms with E-state index in [0.717, 1.165) is 31.5 Å². The fourth-order valence-electron chi connectivity index (χ4n) is 2.95. The van der Waals surface area contributed by atoms with Gasteiger partial charge in [-0.15, -0.1) is 0 Å². The SMILES string of the molecule is Cc1cc(C(F)(F)F)ccc1CN1CCCC(C(C)N)C1. The maximum atomic E-state index is 12.7. The number of piperidine rings is 1. The molecule has 2 rings (SSSR count). The highest BCUT2D eigenvalue weighted by atomic mass is 19.4. The summed E-state index contributed by atoms with van der Waals surface area (Å²) in [6, 6.07) is 4.19. The number of hydrogen-bond acceptors (Lipinski definition) is 2. The summed E-state index contributed by atoms with van der Waals surface area (Å²) in [5, 5.41) is 0. The third kappa shape index (κ3) is 4.20. The summed E-state index contributed by atoms with van der Waals surface area (Å²) < 4.78 is 38.0. The zero-order chi connectivity index (χ0) is 15.6. The van der Waals surface area contributed by atoms with Crippen LogP contribution in [0.5, 0.6) is 0 Å². The Morgan fingerprint density at radius 3 is 2.67 bits per heavy atom. The number of nitrogens with two attached hydrogens (primary N) is 1. The van der Waals surface area contributed by atoms with Gasteiger partial charge in [0.1, 0.15) is 0 Å². The standard InChI is InChI=1S/C16H23F3N2/c1-11-8-15(16(17,18)19)6-5-13(11)9-21-7-3-4-14(10-21)12(2)20/h5-6,8,12,14H,3-4,7,9-10,20H2,1-2H3. The number of hydrogen-bond donors (Lipinski definition) is 1. The van der Waals surface area contributed by atoms with E-state index in [9.17, 15) is 13.2 Å². The highest BCUT2D eigenvalue weighted by Crippen LogP contribution is 2.31. The monoisotopic (exact) mass is 300 g/mol. The van der Waals surface area contributed by atoms with E-state index in [0.29, 0.717) is 18.0 Å². The first-order chi connectivity index (χ1) is 9.77. The van der Waals surface area contributed by atoms with Crippen molar-refractivity contribution in [3.63, 3.8) is 0 Å². The molecule has 5 heteroatoms. The minimum Gasteiger partial charge on any atom is -0.328 e. The molecule has 1 aliphatic rings. The zero-order valence-electron chi connectivity index (χ0n) is 12.6.